The van der Waals surface area contributed by atoms with Crippen LogP contribution in [0.1, 0.15) is 67.5 Å². The first-order valence-corrected chi connectivity index (χ1v) is 14.0. The van der Waals surface area contributed by atoms with Crippen molar-refractivity contribution in [1.29, 1.82) is 0 Å². The van der Waals surface area contributed by atoms with Crippen molar-refractivity contribution in [1.82, 2.24) is 14.8 Å². The van der Waals surface area contributed by atoms with Crippen molar-refractivity contribution >= 4 is 28.1 Å². The Hall–Kier alpha value is -2.71. The molecular formula is C27H35N3O4S. The molecule has 0 radical (unpaired) electrons. The van der Waals surface area contributed by atoms with Crippen LogP contribution in [0.5, 0.6) is 0 Å². The molecule has 35 heavy (non-hydrogen) atoms. The Morgan fingerprint density at radius 2 is 1.89 bits per heavy atom. The summed E-state index contributed by atoms with van der Waals surface area (Å²) in [5.74, 6) is 0.0903. The molecule has 1 aliphatic heterocycles. The van der Waals surface area contributed by atoms with Gasteiger partial charge in [-0.1, -0.05) is 52.7 Å². The smallest absolute Gasteiger partial charge is 0.248 e. The molecule has 0 bridgehead atoms. The van der Waals surface area contributed by atoms with Crippen LogP contribution in [0.4, 0.5) is 0 Å². The number of aryl methyl sites for hydroxylation is 2. The number of rotatable bonds is 8. The number of carbonyl (C=O) groups excluding carboxylic acids is 1. The number of piperidine rings is 1. The van der Waals surface area contributed by atoms with Gasteiger partial charge in [0.25, 0.3) is 0 Å². The molecule has 1 aromatic carbocycles. The Morgan fingerprint density at radius 3 is 2.57 bits per heavy atom. The molecule has 4 rings (SSSR count). The topological polar surface area (TPSA) is 92.5 Å². The van der Waals surface area contributed by atoms with Crippen LogP contribution in [0.2, 0.25) is 0 Å². The molecule has 0 unspecified atom stereocenters. The Balaban J connectivity index is 1.35. The summed E-state index contributed by atoms with van der Waals surface area (Å²) in [6.45, 7) is 4.91. The van der Waals surface area contributed by atoms with Crippen molar-refractivity contribution < 1.29 is 17.7 Å². The van der Waals surface area contributed by atoms with E-state index in [0.29, 0.717) is 38.2 Å². The van der Waals surface area contributed by atoms with Gasteiger partial charge in [0.1, 0.15) is 5.69 Å². The minimum Gasteiger partial charge on any atom is -0.356 e. The van der Waals surface area contributed by atoms with E-state index < -0.39 is 10.0 Å². The minimum absolute atomic E-state index is 0.0290. The van der Waals surface area contributed by atoms with Crippen LogP contribution in [0.25, 0.3) is 12.2 Å². The molecule has 8 heteroatoms. The third-order valence-corrected chi connectivity index (χ3v) is 8.95. The molecule has 1 N–H and O–H groups in total. The van der Waals surface area contributed by atoms with Gasteiger partial charge in [0.2, 0.25) is 15.9 Å². The summed E-state index contributed by atoms with van der Waals surface area (Å²) < 4.78 is 33.7. The molecule has 2 aliphatic rings. The molecule has 0 spiro atoms. The van der Waals surface area contributed by atoms with Gasteiger partial charge >= 0.3 is 0 Å². The maximum Gasteiger partial charge on any atom is 0.248 e. The molecular weight excluding hydrogens is 462 g/mol. The fourth-order valence-corrected chi connectivity index (χ4v) is 6.48. The van der Waals surface area contributed by atoms with E-state index in [1.807, 2.05) is 37.3 Å². The maximum absolute atomic E-state index is 13.5. The van der Waals surface area contributed by atoms with Crippen molar-refractivity contribution in [2.75, 3.05) is 19.6 Å². The number of carbonyl (C=O) groups is 1. The van der Waals surface area contributed by atoms with Gasteiger partial charge in [-0.3, -0.25) is 4.79 Å². The maximum atomic E-state index is 13.5. The van der Waals surface area contributed by atoms with Gasteiger partial charge in [-0.15, -0.1) is 0 Å². The SMILES string of the molecule is Cc1ccc(C=Cc2onc(C)c2S(=O)(=O)N2CCC(C(=O)NCCC3=CCCCC3)CC2)cc1. The summed E-state index contributed by atoms with van der Waals surface area (Å²) >= 11 is 0. The second-order valence-electron chi connectivity index (χ2n) is 9.53. The van der Waals surface area contributed by atoms with E-state index in [2.05, 4.69) is 16.5 Å². The summed E-state index contributed by atoms with van der Waals surface area (Å²) in [5.41, 5.74) is 3.87. The monoisotopic (exact) mass is 497 g/mol. The average Bonchev–Trinajstić information content (AvgIpc) is 3.25. The van der Waals surface area contributed by atoms with Gasteiger partial charge < -0.3 is 9.84 Å². The second kappa shape index (κ2) is 11.4. The third kappa shape index (κ3) is 6.30. The first-order chi connectivity index (χ1) is 16.8. The average molecular weight is 498 g/mol. The fourth-order valence-electron chi connectivity index (χ4n) is 4.76. The number of hydrogen-bond donors (Lipinski definition) is 1. The molecule has 2 aromatic rings. The molecule has 188 valence electrons. The summed E-state index contributed by atoms with van der Waals surface area (Å²) in [6.07, 6.45) is 12.5. The molecule has 0 atom stereocenters. The molecule has 1 amide bonds. The van der Waals surface area contributed by atoms with Crippen LogP contribution < -0.4 is 5.32 Å². The van der Waals surface area contributed by atoms with Crippen LogP contribution in [0, 0.1) is 19.8 Å². The minimum atomic E-state index is -3.79. The molecule has 1 aliphatic carbocycles. The Labute approximate surface area is 208 Å². The van der Waals surface area contributed by atoms with E-state index in [0.717, 1.165) is 30.4 Å². The van der Waals surface area contributed by atoms with Crippen molar-refractivity contribution in [3.05, 3.63) is 58.5 Å². The number of hydrogen-bond acceptors (Lipinski definition) is 5. The van der Waals surface area contributed by atoms with E-state index in [4.69, 9.17) is 4.52 Å². The molecule has 1 fully saturated rings. The first kappa shape index (κ1) is 25.4. The molecule has 1 aromatic heterocycles. The van der Waals surface area contributed by atoms with Gasteiger partial charge in [-0.05, 0) is 70.4 Å². The lowest BCUT2D eigenvalue weighted by Crippen LogP contribution is -2.43. The van der Waals surface area contributed by atoms with Crippen LogP contribution >= 0.6 is 0 Å². The summed E-state index contributed by atoms with van der Waals surface area (Å²) in [7, 11) is -3.79. The number of nitrogens with one attached hydrogen (secondary N) is 1. The summed E-state index contributed by atoms with van der Waals surface area (Å²) in [5, 5.41) is 6.97. The zero-order chi connectivity index (χ0) is 24.8. The molecule has 1 saturated heterocycles. The second-order valence-corrected chi connectivity index (χ2v) is 11.4. The first-order valence-electron chi connectivity index (χ1n) is 12.5. The van der Waals surface area contributed by atoms with E-state index in [-0.39, 0.29) is 22.5 Å². The lowest BCUT2D eigenvalue weighted by Gasteiger charge is -2.30. The van der Waals surface area contributed by atoms with Gasteiger partial charge in [0.05, 0.1) is 0 Å². The van der Waals surface area contributed by atoms with Crippen molar-refractivity contribution in [2.45, 2.75) is 63.7 Å². The van der Waals surface area contributed by atoms with Crippen LogP contribution in [0.15, 0.2) is 45.3 Å². The highest BCUT2D eigenvalue weighted by Crippen LogP contribution is 2.29. The van der Waals surface area contributed by atoms with Crippen LogP contribution in [-0.2, 0) is 14.8 Å². The van der Waals surface area contributed by atoms with E-state index in [9.17, 15) is 13.2 Å². The van der Waals surface area contributed by atoms with E-state index in [1.165, 1.54) is 22.7 Å². The Morgan fingerprint density at radius 1 is 1.14 bits per heavy atom. The fraction of sp³-hybridized carbons (Fsp3) is 0.481. The van der Waals surface area contributed by atoms with Gasteiger partial charge in [-0.2, -0.15) is 4.31 Å². The van der Waals surface area contributed by atoms with Crippen LogP contribution in [-0.4, -0.2) is 43.4 Å². The number of allylic oxidation sites excluding steroid dienone is 1. The highest BCUT2D eigenvalue weighted by atomic mass is 32.2. The molecule has 2 heterocycles. The van der Waals surface area contributed by atoms with Crippen LogP contribution in [0.3, 0.4) is 0 Å². The lowest BCUT2D eigenvalue weighted by molar-refractivity contribution is -0.126. The lowest BCUT2D eigenvalue weighted by atomic mass is 9.96. The predicted octanol–water partition coefficient (Wildman–Crippen LogP) is 4.87. The Kier molecular flexibility index (Phi) is 8.23. The normalized spacial score (nSPS) is 18.1. The highest BCUT2D eigenvalue weighted by molar-refractivity contribution is 7.89. The number of amides is 1. The molecule has 7 nitrogen and oxygen atoms in total. The van der Waals surface area contributed by atoms with Gasteiger partial charge in [0.15, 0.2) is 10.7 Å². The van der Waals surface area contributed by atoms with E-state index in [1.54, 1.807) is 13.0 Å². The number of sulfonamides is 1. The van der Waals surface area contributed by atoms with Crippen molar-refractivity contribution in [3.8, 4) is 0 Å². The van der Waals surface area contributed by atoms with Gasteiger partial charge in [0, 0.05) is 25.6 Å². The molecule has 0 saturated carbocycles. The van der Waals surface area contributed by atoms with Crippen molar-refractivity contribution in [3.63, 3.8) is 0 Å². The Bertz CT molecular complexity index is 1190. The number of benzene rings is 1. The number of nitrogens with zero attached hydrogens (tertiary/aromatic N) is 2. The standard InChI is InChI=1S/C27H35N3O4S/c1-20-8-10-23(11-9-20)12-13-25-26(21(2)29-34-25)35(32,33)30-18-15-24(16-19-30)27(31)28-17-14-22-6-4-3-5-7-22/h6,8-13,24H,3-5,7,14-19H2,1-2H3,(H,28,31). The largest absolute Gasteiger partial charge is 0.356 e. The van der Waals surface area contributed by atoms with E-state index >= 15 is 0 Å². The zero-order valence-electron chi connectivity index (χ0n) is 20.6. The van der Waals surface area contributed by atoms with Gasteiger partial charge in [-0.25, -0.2) is 8.42 Å². The summed E-state index contributed by atoms with van der Waals surface area (Å²) in [4.78, 5) is 12.7. The predicted molar refractivity (Wildman–Crippen MR) is 137 cm³/mol. The van der Waals surface area contributed by atoms with Crippen molar-refractivity contribution in [2.24, 2.45) is 5.92 Å². The number of aromatic nitrogens is 1. The summed E-state index contributed by atoms with van der Waals surface area (Å²) in [6, 6.07) is 7.92. The third-order valence-electron chi connectivity index (χ3n) is 6.89. The highest BCUT2D eigenvalue weighted by Gasteiger charge is 2.35. The quantitative estimate of drug-likeness (QED) is 0.525. The zero-order valence-corrected chi connectivity index (χ0v) is 21.4.